The van der Waals surface area contributed by atoms with Gasteiger partial charge in [0.05, 0.1) is 11.5 Å². The molecule has 3 N–H and O–H groups in total. The van der Waals surface area contributed by atoms with Gasteiger partial charge in [0.2, 0.25) is 11.8 Å². The average Bonchev–Trinajstić information content (AvgIpc) is 2.61. The van der Waals surface area contributed by atoms with Crippen molar-refractivity contribution >= 4 is 46.7 Å². The van der Waals surface area contributed by atoms with E-state index in [0.717, 1.165) is 5.56 Å². The van der Waals surface area contributed by atoms with E-state index in [1.54, 1.807) is 24.3 Å². The molecule has 1 aliphatic rings. The fourth-order valence-electron chi connectivity index (χ4n) is 2.73. The molecule has 2 amide bonds. The molecule has 1 aromatic heterocycles. The first kappa shape index (κ1) is 19.2. The molecule has 9 heteroatoms. The minimum atomic E-state index is -0.943. The van der Waals surface area contributed by atoms with E-state index < -0.39 is 17.4 Å². The molecule has 0 spiro atoms. The number of carbonyl (C=O) groups is 2. The number of aromatic nitrogens is 2. The van der Waals surface area contributed by atoms with E-state index in [1.165, 1.54) is 11.8 Å². The lowest BCUT2D eigenvalue weighted by atomic mass is 9.92. The van der Waals surface area contributed by atoms with Gasteiger partial charge in [0.25, 0.3) is 5.56 Å². The highest BCUT2D eigenvalue weighted by atomic mass is 35.5. The zero-order valence-corrected chi connectivity index (χ0v) is 16.0. The van der Waals surface area contributed by atoms with Gasteiger partial charge < -0.3 is 15.6 Å². The van der Waals surface area contributed by atoms with Gasteiger partial charge in [0.15, 0.2) is 5.16 Å². The third kappa shape index (κ3) is 4.23. The Bertz CT molecular complexity index is 989. The first-order chi connectivity index (χ1) is 12.9. The van der Waals surface area contributed by atoms with E-state index in [0.29, 0.717) is 21.6 Å². The maximum Gasteiger partial charge on any atom is 0.257 e. The molecule has 1 aromatic carbocycles. The molecular formula is C18H17ClN4O3S. The van der Waals surface area contributed by atoms with E-state index in [4.69, 9.17) is 11.6 Å². The number of benzene rings is 1. The average molecular weight is 405 g/mol. The van der Waals surface area contributed by atoms with Gasteiger partial charge in [-0.1, -0.05) is 35.5 Å². The molecule has 0 unspecified atom stereocenters. The third-order valence-electron chi connectivity index (χ3n) is 4.04. The summed E-state index contributed by atoms with van der Waals surface area (Å²) < 4.78 is 0. The second-order valence-corrected chi connectivity index (χ2v) is 7.43. The van der Waals surface area contributed by atoms with Crippen molar-refractivity contribution in [2.24, 2.45) is 0 Å². The van der Waals surface area contributed by atoms with E-state index in [9.17, 15) is 14.4 Å². The van der Waals surface area contributed by atoms with E-state index in [1.807, 2.05) is 6.92 Å². The molecule has 1 aliphatic heterocycles. The Balaban J connectivity index is 1.94. The number of fused-ring (bicyclic) bond motifs is 1. The van der Waals surface area contributed by atoms with Gasteiger partial charge in [-0.15, -0.1) is 6.58 Å². The van der Waals surface area contributed by atoms with Crippen LogP contribution in [0.15, 0.2) is 40.8 Å². The summed E-state index contributed by atoms with van der Waals surface area (Å²) in [5, 5.41) is 6.16. The largest absolute Gasteiger partial charge is 0.325 e. The van der Waals surface area contributed by atoms with Crippen LogP contribution in [0.3, 0.4) is 0 Å². The summed E-state index contributed by atoms with van der Waals surface area (Å²) in [5.74, 6) is -1.11. The number of halogens is 1. The lowest BCUT2D eigenvalue weighted by molar-refractivity contribution is -0.123. The predicted octanol–water partition coefficient (Wildman–Crippen LogP) is 3.07. The molecule has 0 saturated heterocycles. The monoisotopic (exact) mass is 404 g/mol. The summed E-state index contributed by atoms with van der Waals surface area (Å²) in [4.78, 5) is 44.3. The Labute approximate surface area is 164 Å². The lowest BCUT2D eigenvalue weighted by Crippen LogP contribution is -2.36. The summed E-state index contributed by atoms with van der Waals surface area (Å²) in [7, 11) is 0. The number of H-pyrrole nitrogens is 1. The zero-order chi connectivity index (χ0) is 19.6. The maximum atomic E-state index is 12.8. The smallest absolute Gasteiger partial charge is 0.257 e. The molecule has 7 nitrogen and oxygen atoms in total. The van der Waals surface area contributed by atoms with Crippen molar-refractivity contribution < 1.29 is 9.59 Å². The highest BCUT2D eigenvalue weighted by Crippen LogP contribution is 2.31. The summed E-state index contributed by atoms with van der Waals surface area (Å²) in [6.07, 6.45) is 1.54. The molecule has 0 fully saturated rings. The summed E-state index contributed by atoms with van der Waals surface area (Å²) in [6, 6.07) is 5.11. The van der Waals surface area contributed by atoms with Gasteiger partial charge in [-0.3, -0.25) is 14.4 Å². The zero-order valence-electron chi connectivity index (χ0n) is 14.5. The number of aromatic amines is 1. The minimum absolute atomic E-state index is 0.115. The number of anilines is 2. The van der Waals surface area contributed by atoms with Crippen LogP contribution in [0.2, 0.25) is 5.02 Å². The summed E-state index contributed by atoms with van der Waals surface area (Å²) in [5.41, 5.74) is 1.04. The SMILES string of the molecule is C=CCSc1nc2c(c(=O)[nH]1)[C@@H](C(=O)Nc1cc(Cl)ccc1C)CC(=O)N2. The fourth-order valence-corrected chi connectivity index (χ4v) is 3.50. The van der Waals surface area contributed by atoms with Crippen molar-refractivity contribution in [3.63, 3.8) is 0 Å². The minimum Gasteiger partial charge on any atom is -0.325 e. The number of nitrogens with zero attached hydrogens (tertiary/aromatic N) is 1. The van der Waals surface area contributed by atoms with Crippen LogP contribution >= 0.6 is 23.4 Å². The summed E-state index contributed by atoms with van der Waals surface area (Å²) >= 11 is 7.26. The Hall–Kier alpha value is -2.58. The molecule has 27 heavy (non-hydrogen) atoms. The van der Waals surface area contributed by atoms with Crippen LogP contribution in [0.4, 0.5) is 11.5 Å². The number of carbonyl (C=O) groups excluding carboxylic acids is 2. The Kier molecular flexibility index (Phi) is 5.67. The number of thioether (sulfide) groups is 1. The number of hydrogen-bond donors (Lipinski definition) is 3. The first-order valence-electron chi connectivity index (χ1n) is 8.14. The highest BCUT2D eigenvalue weighted by Gasteiger charge is 2.34. The number of hydrogen-bond acceptors (Lipinski definition) is 5. The van der Waals surface area contributed by atoms with Crippen LogP contribution in [-0.2, 0) is 9.59 Å². The van der Waals surface area contributed by atoms with Crippen LogP contribution < -0.4 is 16.2 Å². The number of aryl methyl sites for hydroxylation is 1. The van der Waals surface area contributed by atoms with Gasteiger partial charge in [-0.2, -0.15) is 0 Å². The van der Waals surface area contributed by atoms with E-state index >= 15 is 0 Å². The van der Waals surface area contributed by atoms with E-state index in [2.05, 4.69) is 27.2 Å². The van der Waals surface area contributed by atoms with Gasteiger partial charge in [-0.05, 0) is 24.6 Å². The summed E-state index contributed by atoms with van der Waals surface area (Å²) in [6.45, 7) is 5.44. The van der Waals surface area contributed by atoms with E-state index in [-0.39, 0.29) is 23.7 Å². The van der Waals surface area contributed by atoms with Gasteiger partial charge in [-0.25, -0.2) is 4.98 Å². The highest BCUT2D eigenvalue weighted by molar-refractivity contribution is 7.99. The molecule has 0 saturated carbocycles. The predicted molar refractivity (Wildman–Crippen MR) is 107 cm³/mol. The fraction of sp³-hybridized carbons (Fsp3) is 0.222. The lowest BCUT2D eigenvalue weighted by Gasteiger charge is -2.23. The van der Waals surface area contributed by atoms with Crippen LogP contribution in [0, 0.1) is 6.92 Å². The maximum absolute atomic E-state index is 12.8. The third-order valence-corrected chi connectivity index (χ3v) is 5.15. The van der Waals surface area contributed by atoms with Crippen molar-refractivity contribution in [3.05, 3.63) is 57.4 Å². The molecule has 2 aromatic rings. The van der Waals surface area contributed by atoms with Crippen molar-refractivity contribution in [3.8, 4) is 0 Å². The van der Waals surface area contributed by atoms with Crippen molar-refractivity contribution in [2.45, 2.75) is 24.4 Å². The van der Waals surface area contributed by atoms with Crippen molar-refractivity contribution in [2.75, 3.05) is 16.4 Å². The number of nitrogens with one attached hydrogen (secondary N) is 3. The number of amides is 2. The van der Waals surface area contributed by atoms with Crippen LogP contribution in [0.5, 0.6) is 0 Å². The topological polar surface area (TPSA) is 104 Å². The van der Waals surface area contributed by atoms with Gasteiger partial charge >= 0.3 is 0 Å². The molecular weight excluding hydrogens is 388 g/mol. The van der Waals surface area contributed by atoms with Crippen LogP contribution in [0.1, 0.15) is 23.5 Å². The molecule has 0 bridgehead atoms. The van der Waals surface area contributed by atoms with Crippen molar-refractivity contribution in [1.29, 1.82) is 0 Å². The molecule has 0 radical (unpaired) electrons. The first-order valence-corrected chi connectivity index (χ1v) is 9.50. The van der Waals surface area contributed by atoms with Crippen LogP contribution in [-0.4, -0.2) is 27.5 Å². The Morgan fingerprint density at radius 1 is 1.48 bits per heavy atom. The second-order valence-electron chi connectivity index (χ2n) is 5.99. The van der Waals surface area contributed by atoms with Gasteiger partial charge in [0, 0.05) is 22.9 Å². The molecule has 2 heterocycles. The Morgan fingerprint density at radius 3 is 3.00 bits per heavy atom. The van der Waals surface area contributed by atoms with Gasteiger partial charge in [0.1, 0.15) is 5.82 Å². The Morgan fingerprint density at radius 2 is 2.26 bits per heavy atom. The second kappa shape index (κ2) is 7.98. The normalized spacial score (nSPS) is 15.6. The molecule has 140 valence electrons. The molecule has 0 aliphatic carbocycles. The quantitative estimate of drug-likeness (QED) is 0.403. The molecule has 1 atom stereocenters. The number of rotatable bonds is 5. The molecule has 3 rings (SSSR count). The van der Waals surface area contributed by atoms with Crippen molar-refractivity contribution in [1.82, 2.24) is 9.97 Å². The standard InChI is InChI=1S/C18H17ClN4O3S/c1-3-6-27-18-22-15-14(17(26)23-18)11(8-13(24)21-15)16(25)20-12-7-10(19)5-4-9(12)2/h3-5,7,11H,1,6,8H2,2H3,(H,20,25)(H2,21,22,23,24,26)/t11-/m0/s1. The van der Waals surface area contributed by atoms with Crippen LogP contribution in [0.25, 0.3) is 0 Å².